The molecule has 4 rings (SSSR count). The first-order valence-electron chi connectivity index (χ1n) is 11.2. The summed E-state index contributed by atoms with van der Waals surface area (Å²) < 4.78 is 0. The van der Waals surface area contributed by atoms with E-state index in [2.05, 4.69) is 10.6 Å². The highest BCUT2D eigenvalue weighted by Crippen LogP contribution is 2.28. The van der Waals surface area contributed by atoms with Gasteiger partial charge in [0, 0.05) is 41.8 Å². The van der Waals surface area contributed by atoms with Gasteiger partial charge in [-0.3, -0.25) is 4.79 Å². The van der Waals surface area contributed by atoms with Crippen molar-refractivity contribution >= 4 is 29.2 Å². The van der Waals surface area contributed by atoms with Gasteiger partial charge in [-0.25, -0.2) is 4.79 Å². The zero-order chi connectivity index (χ0) is 23.2. The van der Waals surface area contributed by atoms with Gasteiger partial charge in [0.15, 0.2) is 0 Å². The average Bonchev–Trinajstić information content (AvgIpc) is 2.85. The second-order valence-corrected chi connectivity index (χ2v) is 8.95. The monoisotopic (exact) mass is 461 g/mol. The molecule has 0 aliphatic carbocycles. The lowest BCUT2D eigenvalue weighted by atomic mass is 9.89. The normalized spacial score (nSPS) is 15.7. The van der Waals surface area contributed by atoms with E-state index in [4.69, 9.17) is 11.6 Å². The van der Waals surface area contributed by atoms with Crippen molar-refractivity contribution in [3.8, 4) is 0 Å². The maximum absolute atomic E-state index is 12.8. The predicted molar refractivity (Wildman–Crippen MR) is 133 cm³/mol. The standard InChI is InChI=1S/C27H28ClN3O2/c1-19-7-9-20(10-8-19)17-29-26(32)22-5-2-4-21(16-22)23-6-3-15-31(18-23)27(33)30-25-13-11-24(28)12-14-25/h2,4-5,7-14,16,23H,3,6,15,17-18H2,1H3,(H,29,32)(H,30,33). The lowest BCUT2D eigenvalue weighted by molar-refractivity contribution is 0.0950. The maximum atomic E-state index is 12.8. The fraction of sp³-hybridized carbons (Fsp3) is 0.259. The lowest BCUT2D eigenvalue weighted by Crippen LogP contribution is -2.41. The van der Waals surface area contributed by atoms with E-state index in [0.29, 0.717) is 30.2 Å². The van der Waals surface area contributed by atoms with Crippen LogP contribution in [0.4, 0.5) is 10.5 Å². The summed E-state index contributed by atoms with van der Waals surface area (Å²) in [4.78, 5) is 27.3. The molecule has 0 spiro atoms. The third-order valence-corrected chi connectivity index (χ3v) is 6.25. The average molecular weight is 462 g/mol. The molecule has 1 saturated heterocycles. The number of halogens is 1. The quantitative estimate of drug-likeness (QED) is 0.490. The van der Waals surface area contributed by atoms with Crippen LogP contribution >= 0.6 is 11.6 Å². The number of piperidine rings is 1. The van der Waals surface area contributed by atoms with Gasteiger partial charge in [0.2, 0.25) is 0 Å². The Morgan fingerprint density at radius 3 is 2.55 bits per heavy atom. The molecule has 1 unspecified atom stereocenters. The molecule has 1 heterocycles. The molecular formula is C27H28ClN3O2. The summed E-state index contributed by atoms with van der Waals surface area (Å²) in [5.41, 5.74) is 4.71. The number of nitrogens with one attached hydrogen (secondary N) is 2. The Balaban J connectivity index is 1.37. The molecule has 1 aliphatic rings. The predicted octanol–water partition coefficient (Wildman–Crippen LogP) is 5.99. The SMILES string of the molecule is Cc1ccc(CNC(=O)c2cccc(C3CCCN(C(=O)Nc4ccc(Cl)cc4)C3)c2)cc1. The summed E-state index contributed by atoms with van der Waals surface area (Å²) >= 11 is 5.92. The van der Waals surface area contributed by atoms with Crippen molar-refractivity contribution in [3.05, 3.63) is 100 Å². The second kappa shape index (κ2) is 10.5. The summed E-state index contributed by atoms with van der Waals surface area (Å²) in [6.45, 7) is 3.87. The lowest BCUT2D eigenvalue weighted by Gasteiger charge is -2.33. The van der Waals surface area contributed by atoms with Crippen LogP contribution in [0.15, 0.2) is 72.8 Å². The zero-order valence-electron chi connectivity index (χ0n) is 18.7. The maximum Gasteiger partial charge on any atom is 0.321 e. The third kappa shape index (κ3) is 6.14. The molecule has 170 valence electrons. The molecule has 3 aromatic rings. The molecule has 1 atom stereocenters. The Morgan fingerprint density at radius 2 is 1.79 bits per heavy atom. The first kappa shape index (κ1) is 22.9. The summed E-state index contributed by atoms with van der Waals surface area (Å²) in [6.07, 6.45) is 1.90. The molecule has 33 heavy (non-hydrogen) atoms. The Labute approximate surface area is 199 Å². The van der Waals surface area contributed by atoms with Gasteiger partial charge in [0.1, 0.15) is 0 Å². The van der Waals surface area contributed by atoms with Crippen LogP contribution in [-0.4, -0.2) is 29.9 Å². The van der Waals surface area contributed by atoms with Crippen molar-refractivity contribution in [2.45, 2.75) is 32.2 Å². The van der Waals surface area contributed by atoms with Crippen molar-refractivity contribution < 1.29 is 9.59 Å². The topological polar surface area (TPSA) is 61.4 Å². The second-order valence-electron chi connectivity index (χ2n) is 8.52. The molecule has 3 amide bonds. The van der Waals surface area contributed by atoms with Crippen LogP contribution in [0.3, 0.4) is 0 Å². The number of rotatable bonds is 5. The van der Waals surface area contributed by atoms with Gasteiger partial charge in [-0.15, -0.1) is 0 Å². The summed E-state index contributed by atoms with van der Waals surface area (Å²) in [6, 6.07) is 22.9. The van der Waals surface area contributed by atoms with Crippen LogP contribution in [0.25, 0.3) is 0 Å². The van der Waals surface area contributed by atoms with Crippen LogP contribution in [-0.2, 0) is 6.54 Å². The van der Waals surface area contributed by atoms with Crippen LogP contribution in [0.5, 0.6) is 0 Å². The molecule has 0 radical (unpaired) electrons. The summed E-state index contributed by atoms with van der Waals surface area (Å²) in [5, 5.41) is 6.57. The number of anilines is 1. The van der Waals surface area contributed by atoms with Gasteiger partial charge < -0.3 is 15.5 Å². The summed E-state index contributed by atoms with van der Waals surface area (Å²) in [7, 11) is 0. The van der Waals surface area contributed by atoms with Gasteiger partial charge in [-0.05, 0) is 67.3 Å². The van der Waals surface area contributed by atoms with Gasteiger partial charge in [0.25, 0.3) is 5.91 Å². The smallest absolute Gasteiger partial charge is 0.321 e. The highest BCUT2D eigenvalue weighted by molar-refractivity contribution is 6.30. The van der Waals surface area contributed by atoms with Crippen LogP contribution in [0.2, 0.25) is 5.02 Å². The van der Waals surface area contributed by atoms with E-state index < -0.39 is 0 Å². The van der Waals surface area contributed by atoms with E-state index in [0.717, 1.165) is 29.7 Å². The number of aryl methyl sites for hydroxylation is 1. The number of carbonyl (C=O) groups is 2. The van der Waals surface area contributed by atoms with Gasteiger partial charge in [-0.1, -0.05) is 53.6 Å². The number of amides is 3. The third-order valence-electron chi connectivity index (χ3n) is 6.00. The molecule has 1 fully saturated rings. The minimum absolute atomic E-state index is 0.0921. The van der Waals surface area contributed by atoms with E-state index in [1.54, 1.807) is 24.3 Å². The van der Waals surface area contributed by atoms with Gasteiger partial charge in [-0.2, -0.15) is 0 Å². The number of benzene rings is 3. The van der Waals surface area contributed by atoms with Crippen molar-refractivity contribution in [3.63, 3.8) is 0 Å². The molecule has 5 nitrogen and oxygen atoms in total. The Morgan fingerprint density at radius 1 is 1.03 bits per heavy atom. The van der Waals surface area contributed by atoms with Crippen LogP contribution in [0.1, 0.15) is 45.8 Å². The van der Waals surface area contributed by atoms with E-state index in [1.165, 1.54) is 5.56 Å². The molecule has 2 N–H and O–H groups in total. The van der Waals surface area contributed by atoms with Crippen molar-refractivity contribution in [2.24, 2.45) is 0 Å². The number of likely N-dealkylation sites (tertiary alicyclic amines) is 1. The molecular weight excluding hydrogens is 434 g/mol. The van der Waals surface area contributed by atoms with Crippen molar-refractivity contribution in [2.75, 3.05) is 18.4 Å². The summed E-state index contributed by atoms with van der Waals surface area (Å²) in [5.74, 6) is 0.102. The minimum atomic E-state index is -0.117. The van der Waals surface area contributed by atoms with E-state index in [9.17, 15) is 9.59 Å². The van der Waals surface area contributed by atoms with Crippen LogP contribution in [0, 0.1) is 6.92 Å². The van der Waals surface area contributed by atoms with Gasteiger partial charge >= 0.3 is 6.03 Å². The fourth-order valence-electron chi connectivity index (χ4n) is 4.09. The largest absolute Gasteiger partial charge is 0.348 e. The van der Waals surface area contributed by atoms with Gasteiger partial charge in [0.05, 0.1) is 0 Å². The zero-order valence-corrected chi connectivity index (χ0v) is 19.4. The Hall–Kier alpha value is -3.31. The Bertz CT molecular complexity index is 1110. The first-order valence-corrected chi connectivity index (χ1v) is 11.6. The van der Waals surface area contributed by atoms with E-state index >= 15 is 0 Å². The first-order chi connectivity index (χ1) is 16.0. The van der Waals surface area contributed by atoms with E-state index in [1.807, 2.05) is 60.4 Å². The number of nitrogens with zero attached hydrogens (tertiary/aromatic N) is 1. The Kier molecular flexibility index (Phi) is 7.30. The molecule has 0 aromatic heterocycles. The number of urea groups is 1. The van der Waals surface area contributed by atoms with Crippen molar-refractivity contribution in [1.82, 2.24) is 10.2 Å². The molecule has 3 aromatic carbocycles. The molecule has 6 heteroatoms. The molecule has 0 saturated carbocycles. The van der Waals surface area contributed by atoms with Crippen LogP contribution < -0.4 is 10.6 Å². The number of carbonyl (C=O) groups excluding carboxylic acids is 2. The molecule has 1 aliphatic heterocycles. The number of hydrogen-bond acceptors (Lipinski definition) is 2. The highest BCUT2D eigenvalue weighted by atomic mass is 35.5. The van der Waals surface area contributed by atoms with Crippen molar-refractivity contribution in [1.29, 1.82) is 0 Å². The highest BCUT2D eigenvalue weighted by Gasteiger charge is 2.25. The van der Waals surface area contributed by atoms with E-state index in [-0.39, 0.29) is 17.9 Å². The minimum Gasteiger partial charge on any atom is -0.348 e. The molecule has 0 bridgehead atoms. The number of hydrogen-bond donors (Lipinski definition) is 2. The fourth-order valence-corrected chi connectivity index (χ4v) is 4.22.